The van der Waals surface area contributed by atoms with Crippen LogP contribution in [0.4, 0.5) is 0 Å². The van der Waals surface area contributed by atoms with Crippen LogP contribution in [0.3, 0.4) is 0 Å². The van der Waals surface area contributed by atoms with Crippen molar-refractivity contribution in [2.45, 2.75) is 67.2 Å². The Bertz CT molecular complexity index is 287. The summed E-state index contributed by atoms with van der Waals surface area (Å²) in [6.07, 6.45) is 14.3. The monoisotopic (exact) mass is 248 g/mol. The van der Waals surface area contributed by atoms with Crippen LogP contribution in [0.1, 0.15) is 67.2 Å². The third-order valence-corrected chi connectivity index (χ3v) is 3.73. The predicted octanol–water partition coefficient (Wildman–Crippen LogP) is 6.31. The van der Waals surface area contributed by atoms with E-state index in [2.05, 4.69) is 65.8 Å². The molecule has 0 rings (SSSR count). The number of hydrogen-bond donors (Lipinski definition) is 0. The van der Waals surface area contributed by atoms with Gasteiger partial charge in [-0.1, -0.05) is 42.4 Å². The maximum absolute atomic E-state index is 2.37. The molecule has 0 N–H and O–H groups in total. The molecule has 18 heavy (non-hydrogen) atoms. The van der Waals surface area contributed by atoms with Gasteiger partial charge in [0, 0.05) is 0 Å². The molecule has 0 nitrogen and oxygen atoms in total. The van der Waals surface area contributed by atoms with E-state index >= 15 is 0 Å². The summed E-state index contributed by atoms with van der Waals surface area (Å²) in [5.41, 5.74) is 2.96. The van der Waals surface area contributed by atoms with Gasteiger partial charge in [0.1, 0.15) is 0 Å². The first kappa shape index (κ1) is 17.2. The molecule has 0 aromatic carbocycles. The molecule has 0 radical (unpaired) electrons. The molecule has 0 fully saturated rings. The number of allylic oxidation sites excluding steroid dienone is 6. The highest BCUT2D eigenvalue weighted by Gasteiger charge is 2.14. The summed E-state index contributed by atoms with van der Waals surface area (Å²) in [4.78, 5) is 0. The molecular formula is C18H32. The fourth-order valence-corrected chi connectivity index (χ4v) is 2.27. The molecule has 2 atom stereocenters. The van der Waals surface area contributed by atoms with Crippen LogP contribution in [0.15, 0.2) is 35.5 Å². The van der Waals surface area contributed by atoms with Crippen molar-refractivity contribution >= 4 is 0 Å². The van der Waals surface area contributed by atoms with E-state index in [1.165, 1.54) is 36.8 Å². The van der Waals surface area contributed by atoms with E-state index in [-0.39, 0.29) is 0 Å². The zero-order chi connectivity index (χ0) is 14.0. The Hall–Kier alpha value is -0.780. The number of rotatable bonds is 8. The molecule has 0 aromatic heterocycles. The molecule has 0 aromatic rings. The van der Waals surface area contributed by atoms with Gasteiger partial charge in [0.25, 0.3) is 0 Å². The molecule has 0 aliphatic heterocycles. The van der Waals surface area contributed by atoms with Gasteiger partial charge in [-0.2, -0.15) is 0 Å². The van der Waals surface area contributed by atoms with Crippen LogP contribution < -0.4 is 0 Å². The molecule has 0 bridgehead atoms. The Kier molecular flexibility index (Phi) is 9.73. The summed E-state index contributed by atoms with van der Waals surface area (Å²) in [5, 5.41) is 0. The van der Waals surface area contributed by atoms with Gasteiger partial charge >= 0.3 is 0 Å². The second-order valence-electron chi connectivity index (χ2n) is 5.68. The van der Waals surface area contributed by atoms with Crippen molar-refractivity contribution in [3.05, 3.63) is 35.5 Å². The van der Waals surface area contributed by atoms with Crippen LogP contribution in [0.2, 0.25) is 0 Å². The van der Waals surface area contributed by atoms with Crippen molar-refractivity contribution in [1.29, 1.82) is 0 Å². The summed E-state index contributed by atoms with van der Waals surface area (Å²) in [5.74, 6) is 1.51. The van der Waals surface area contributed by atoms with Crippen LogP contribution in [-0.4, -0.2) is 0 Å². The molecule has 0 amide bonds. The molecular weight excluding hydrogens is 216 g/mol. The maximum atomic E-state index is 2.37. The first-order valence-corrected chi connectivity index (χ1v) is 7.39. The molecule has 0 saturated carbocycles. The predicted molar refractivity (Wildman–Crippen MR) is 84.8 cm³/mol. The maximum Gasteiger partial charge on any atom is -0.0233 e. The minimum absolute atomic E-state index is 0.699. The van der Waals surface area contributed by atoms with Gasteiger partial charge < -0.3 is 0 Å². The lowest BCUT2D eigenvalue weighted by molar-refractivity contribution is 0.367. The standard InChI is InChI=1S/C18H32/c1-7-10-17(6)18(12-9-11-15(3)4)14-13-16(5)8-2/h7-8,10-11,17-18H,9,12-14H2,1-6H3. The molecule has 0 spiro atoms. The third kappa shape index (κ3) is 8.33. The van der Waals surface area contributed by atoms with Gasteiger partial charge in [0.15, 0.2) is 0 Å². The van der Waals surface area contributed by atoms with E-state index < -0.39 is 0 Å². The Morgan fingerprint density at radius 1 is 1.06 bits per heavy atom. The lowest BCUT2D eigenvalue weighted by Gasteiger charge is -2.21. The van der Waals surface area contributed by atoms with Gasteiger partial charge in [0.05, 0.1) is 0 Å². The second-order valence-corrected chi connectivity index (χ2v) is 5.68. The largest absolute Gasteiger partial charge is 0.0914 e. The highest BCUT2D eigenvalue weighted by molar-refractivity contribution is 4.98. The smallest absolute Gasteiger partial charge is 0.0233 e. The lowest BCUT2D eigenvalue weighted by atomic mass is 9.84. The van der Waals surface area contributed by atoms with Crippen LogP contribution in [-0.2, 0) is 0 Å². The average Bonchev–Trinajstić information content (AvgIpc) is 2.32. The van der Waals surface area contributed by atoms with Gasteiger partial charge in [-0.3, -0.25) is 0 Å². The molecule has 104 valence electrons. The molecule has 2 unspecified atom stereocenters. The van der Waals surface area contributed by atoms with Gasteiger partial charge in [-0.05, 0) is 72.1 Å². The van der Waals surface area contributed by atoms with Gasteiger partial charge in [-0.15, -0.1) is 0 Å². The molecule has 0 aliphatic carbocycles. The second kappa shape index (κ2) is 10.2. The normalized spacial score (nSPS) is 15.8. The van der Waals surface area contributed by atoms with E-state index in [9.17, 15) is 0 Å². The zero-order valence-electron chi connectivity index (χ0n) is 13.3. The molecule has 0 heterocycles. The van der Waals surface area contributed by atoms with E-state index in [1.807, 2.05) is 0 Å². The Morgan fingerprint density at radius 3 is 2.22 bits per heavy atom. The quantitative estimate of drug-likeness (QED) is 0.442. The fraction of sp³-hybridized carbons (Fsp3) is 0.667. The number of hydrogen-bond acceptors (Lipinski definition) is 0. The molecule has 0 aliphatic rings. The van der Waals surface area contributed by atoms with Crippen molar-refractivity contribution in [3.63, 3.8) is 0 Å². The zero-order valence-corrected chi connectivity index (χ0v) is 13.3. The van der Waals surface area contributed by atoms with Crippen molar-refractivity contribution in [3.8, 4) is 0 Å². The van der Waals surface area contributed by atoms with Crippen molar-refractivity contribution in [2.75, 3.05) is 0 Å². The van der Waals surface area contributed by atoms with Crippen LogP contribution in [0.25, 0.3) is 0 Å². The fourth-order valence-electron chi connectivity index (χ4n) is 2.27. The van der Waals surface area contributed by atoms with Crippen LogP contribution in [0.5, 0.6) is 0 Å². The average molecular weight is 248 g/mol. The van der Waals surface area contributed by atoms with Crippen molar-refractivity contribution in [1.82, 2.24) is 0 Å². The molecule has 0 heteroatoms. The Balaban J connectivity index is 4.37. The summed E-state index contributed by atoms with van der Waals surface area (Å²) in [6, 6.07) is 0. The SMILES string of the molecule is CC=CC(C)C(CCC=C(C)C)CCC(C)=CC. The van der Waals surface area contributed by atoms with E-state index in [0.29, 0.717) is 5.92 Å². The molecule has 0 saturated heterocycles. The van der Waals surface area contributed by atoms with E-state index in [0.717, 1.165) is 5.92 Å². The lowest BCUT2D eigenvalue weighted by Crippen LogP contribution is -2.10. The minimum Gasteiger partial charge on any atom is -0.0914 e. The van der Waals surface area contributed by atoms with Crippen LogP contribution >= 0.6 is 0 Å². The van der Waals surface area contributed by atoms with E-state index in [4.69, 9.17) is 0 Å². The highest BCUT2D eigenvalue weighted by atomic mass is 14.2. The van der Waals surface area contributed by atoms with Crippen molar-refractivity contribution in [2.24, 2.45) is 11.8 Å². The van der Waals surface area contributed by atoms with Gasteiger partial charge in [-0.25, -0.2) is 0 Å². The summed E-state index contributed by atoms with van der Waals surface area (Å²) < 4.78 is 0. The van der Waals surface area contributed by atoms with Gasteiger partial charge in [0.2, 0.25) is 0 Å². The highest BCUT2D eigenvalue weighted by Crippen LogP contribution is 2.26. The third-order valence-electron chi connectivity index (χ3n) is 3.73. The summed E-state index contributed by atoms with van der Waals surface area (Å²) in [7, 11) is 0. The Morgan fingerprint density at radius 2 is 1.72 bits per heavy atom. The topological polar surface area (TPSA) is 0 Å². The van der Waals surface area contributed by atoms with Crippen LogP contribution in [0, 0.1) is 11.8 Å². The Labute approximate surface area is 115 Å². The summed E-state index contributed by atoms with van der Waals surface area (Å²) in [6.45, 7) is 13.2. The first-order valence-electron chi connectivity index (χ1n) is 7.39. The van der Waals surface area contributed by atoms with E-state index in [1.54, 1.807) is 0 Å². The minimum atomic E-state index is 0.699. The summed E-state index contributed by atoms with van der Waals surface area (Å²) >= 11 is 0. The first-order chi connectivity index (χ1) is 8.51. The van der Waals surface area contributed by atoms with Crippen molar-refractivity contribution < 1.29 is 0 Å².